The van der Waals surface area contributed by atoms with Gasteiger partial charge in [0.2, 0.25) is 0 Å². The molecule has 0 fully saturated rings. The molecule has 0 spiro atoms. The fourth-order valence-electron chi connectivity index (χ4n) is 5.72. The van der Waals surface area contributed by atoms with Crippen LogP contribution in [0.2, 0.25) is 0 Å². The molecule has 1 atom stereocenters. The van der Waals surface area contributed by atoms with Crippen LogP contribution in [0.25, 0.3) is 0 Å². The molecule has 0 saturated carbocycles. The molecular weight excluding hydrogens is 516 g/mol. The van der Waals surface area contributed by atoms with Gasteiger partial charge in [0, 0.05) is 13.2 Å². The maximum absolute atomic E-state index is 9.59. The Hall–Kier alpha value is -0.380. The Kier molecular flexibility index (Phi) is 38.3. The number of hydrogen-bond donors (Lipinski definition) is 1. The van der Waals surface area contributed by atoms with E-state index >= 15 is 0 Å². The van der Waals surface area contributed by atoms with Crippen molar-refractivity contribution in [1.29, 1.82) is 0 Å². The molecule has 0 radical (unpaired) electrons. The van der Waals surface area contributed by atoms with Crippen molar-refractivity contribution in [3.05, 3.63) is 12.2 Å². The first-order valence-electron chi connectivity index (χ1n) is 19.3. The number of unbranched alkanes of at least 4 members (excludes halogenated alkanes) is 27. The van der Waals surface area contributed by atoms with E-state index < -0.39 is 0 Å². The monoisotopic (exact) mass is 595 g/mol. The minimum Gasteiger partial charge on any atom is -0.394 e. The maximum Gasteiger partial charge on any atom is 0.104 e. The summed E-state index contributed by atoms with van der Waals surface area (Å²) in [6.07, 6.45) is 45.4. The number of hydrogen-bond acceptors (Lipinski definition) is 3. The van der Waals surface area contributed by atoms with Gasteiger partial charge in [0.05, 0.1) is 13.2 Å². The van der Waals surface area contributed by atoms with Crippen LogP contribution in [0, 0.1) is 0 Å². The van der Waals surface area contributed by atoms with Crippen LogP contribution in [0.1, 0.15) is 206 Å². The minimum absolute atomic E-state index is 0.0608. The van der Waals surface area contributed by atoms with Crippen LogP contribution in [-0.4, -0.2) is 37.6 Å². The summed E-state index contributed by atoms with van der Waals surface area (Å²) in [4.78, 5) is 0. The summed E-state index contributed by atoms with van der Waals surface area (Å²) in [5.74, 6) is 0. The highest BCUT2D eigenvalue weighted by Gasteiger charge is 2.07. The van der Waals surface area contributed by atoms with E-state index in [0.717, 1.165) is 26.1 Å². The molecule has 0 heterocycles. The third-order valence-electron chi connectivity index (χ3n) is 8.66. The van der Waals surface area contributed by atoms with Crippen molar-refractivity contribution in [1.82, 2.24) is 0 Å². The molecule has 3 nitrogen and oxygen atoms in total. The summed E-state index contributed by atoms with van der Waals surface area (Å²) >= 11 is 0. The molecular formula is C39H78O3. The molecule has 0 aliphatic rings. The number of allylic oxidation sites excluding steroid dienone is 2. The largest absolute Gasteiger partial charge is 0.394 e. The fourth-order valence-corrected chi connectivity index (χ4v) is 5.72. The van der Waals surface area contributed by atoms with Gasteiger partial charge in [0.15, 0.2) is 0 Å². The van der Waals surface area contributed by atoms with Gasteiger partial charge >= 0.3 is 0 Å². The molecule has 0 rings (SSSR count). The Morgan fingerprint density at radius 2 is 0.762 bits per heavy atom. The van der Waals surface area contributed by atoms with Crippen molar-refractivity contribution in [2.75, 3.05) is 26.4 Å². The van der Waals surface area contributed by atoms with Crippen LogP contribution in [0.5, 0.6) is 0 Å². The third kappa shape index (κ3) is 35.8. The number of aliphatic hydroxyl groups excluding tert-OH is 1. The molecule has 0 aliphatic carbocycles. The summed E-state index contributed by atoms with van der Waals surface area (Å²) < 4.78 is 11.7. The molecule has 252 valence electrons. The van der Waals surface area contributed by atoms with E-state index in [1.807, 2.05) is 0 Å². The Balaban J connectivity index is 3.28. The van der Waals surface area contributed by atoms with Gasteiger partial charge in [-0.3, -0.25) is 0 Å². The topological polar surface area (TPSA) is 38.7 Å². The van der Waals surface area contributed by atoms with Crippen molar-refractivity contribution in [3.8, 4) is 0 Å². The first-order valence-corrected chi connectivity index (χ1v) is 19.3. The Bertz CT molecular complexity index is 492. The zero-order chi connectivity index (χ0) is 30.4. The molecule has 3 heteroatoms. The number of rotatable bonds is 37. The zero-order valence-electron chi connectivity index (χ0n) is 29.0. The van der Waals surface area contributed by atoms with Crippen LogP contribution < -0.4 is 0 Å². The van der Waals surface area contributed by atoms with Gasteiger partial charge in [-0.1, -0.05) is 180 Å². The second-order valence-electron chi connectivity index (χ2n) is 13.0. The van der Waals surface area contributed by atoms with E-state index in [1.165, 1.54) is 180 Å². The second-order valence-corrected chi connectivity index (χ2v) is 13.0. The van der Waals surface area contributed by atoms with Crippen molar-refractivity contribution >= 4 is 0 Å². The fraction of sp³-hybridized carbons (Fsp3) is 0.949. The molecule has 0 aliphatic heterocycles. The van der Waals surface area contributed by atoms with Gasteiger partial charge in [0.1, 0.15) is 6.10 Å². The number of ether oxygens (including phenoxy) is 2. The zero-order valence-corrected chi connectivity index (χ0v) is 29.0. The van der Waals surface area contributed by atoms with Crippen molar-refractivity contribution in [2.24, 2.45) is 0 Å². The van der Waals surface area contributed by atoms with Crippen molar-refractivity contribution < 1.29 is 14.6 Å². The highest BCUT2D eigenvalue weighted by atomic mass is 16.5. The van der Waals surface area contributed by atoms with E-state index in [9.17, 15) is 5.11 Å². The van der Waals surface area contributed by atoms with Crippen LogP contribution in [-0.2, 0) is 9.47 Å². The van der Waals surface area contributed by atoms with Crippen molar-refractivity contribution in [2.45, 2.75) is 213 Å². The summed E-state index contributed by atoms with van der Waals surface area (Å²) in [6.45, 7) is 6.71. The van der Waals surface area contributed by atoms with E-state index in [0.29, 0.717) is 6.61 Å². The van der Waals surface area contributed by atoms with E-state index in [2.05, 4.69) is 26.0 Å². The minimum atomic E-state index is -0.158. The molecule has 0 saturated heterocycles. The SMILES string of the molecule is CCCCCCCCC=CCCCCCCCCOC(CO)COCCCCCCCCCCCCCCCCCC. The lowest BCUT2D eigenvalue weighted by Crippen LogP contribution is -2.24. The molecule has 1 N–H and O–H groups in total. The second kappa shape index (κ2) is 38.6. The molecule has 0 aromatic rings. The van der Waals surface area contributed by atoms with Gasteiger partial charge < -0.3 is 14.6 Å². The summed E-state index contributed by atoms with van der Waals surface area (Å²) in [5, 5.41) is 9.59. The standard InChI is InChI=1S/C39H78O3/c1-3-5-7-9-11-13-15-17-19-21-23-25-27-29-31-33-35-41-38-39(37-40)42-36-34-32-30-28-26-24-22-20-18-16-14-12-10-8-6-4-2/h18,20,39-40H,3-17,19,21-38H2,1-2H3. The van der Waals surface area contributed by atoms with Crippen LogP contribution in [0.15, 0.2) is 12.2 Å². The Labute approximate surface area is 265 Å². The van der Waals surface area contributed by atoms with Crippen LogP contribution in [0.3, 0.4) is 0 Å². The normalized spacial score (nSPS) is 12.5. The van der Waals surface area contributed by atoms with Crippen LogP contribution in [0.4, 0.5) is 0 Å². The highest BCUT2D eigenvalue weighted by molar-refractivity contribution is 4.81. The predicted molar refractivity (Wildman–Crippen MR) is 187 cm³/mol. The average Bonchev–Trinajstić information content (AvgIpc) is 3.00. The van der Waals surface area contributed by atoms with Gasteiger partial charge in [-0.2, -0.15) is 0 Å². The van der Waals surface area contributed by atoms with E-state index in [-0.39, 0.29) is 12.7 Å². The number of aliphatic hydroxyl groups is 1. The molecule has 0 aromatic carbocycles. The lowest BCUT2D eigenvalue weighted by Gasteiger charge is -2.15. The summed E-state index contributed by atoms with van der Waals surface area (Å²) in [6, 6.07) is 0. The lowest BCUT2D eigenvalue weighted by atomic mass is 10.0. The van der Waals surface area contributed by atoms with Gasteiger partial charge in [0.25, 0.3) is 0 Å². The summed E-state index contributed by atoms with van der Waals surface area (Å²) in [7, 11) is 0. The van der Waals surface area contributed by atoms with E-state index in [1.54, 1.807) is 0 Å². The van der Waals surface area contributed by atoms with Gasteiger partial charge in [-0.15, -0.1) is 0 Å². The molecule has 0 amide bonds. The third-order valence-corrected chi connectivity index (χ3v) is 8.66. The molecule has 0 bridgehead atoms. The first kappa shape index (κ1) is 41.6. The van der Waals surface area contributed by atoms with Crippen molar-refractivity contribution in [3.63, 3.8) is 0 Å². The average molecular weight is 595 g/mol. The van der Waals surface area contributed by atoms with Gasteiger partial charge in [-0.05, 0) is 38.5 Å². The molecule has 0 aromatic heterocycles. The Morgan fingerprint density at radius 3 is 1.14 bits per heavy atom. The smallest absolute Gasteiger partial charge is 0.104 e. The Morgan fingerprint density at radius 1 is 0.429 bits per heavy atom. The maximum atomic E-state index is 9.59. The summed E-state index contributed by atoms with van der Waals surface area (Å²) in [5.41, 5.74) is 0. The van der Waals surface area contributed by atoms with E-state index in [4.69, 9.17) is 9.47 Å². The predicted octanol–water partition coefficient (Wildman–Crippen LogP) is 12.7. The quantitative estimate of drug-likeness (QED) is 0.0574. The highest BCUT2D eigenvalue weighted by Crippen LogP contribution is 2.14. The first-order chi connectivity index (χ1) is 20.8. The molecule has 1 unspecified atom stereocenters. The van der Waals surface area contributed by atoms with Crippen LogP contribution >= 0.6 is 0 Å². The van der Waals surface area contributed by atoms with Gasteiger partial charge in [-0.25, -0.2) is 0 Å². The lowest BCUT2D eigenvalue weighted by molar-refractivity contribution is -0.0437. The molecule has 42 heavy (non-hydrogen) atoms.